The van der Waals surface area contributed by atoms with Crippen LogP contribution in [0.25, 0.3) is 0 Å². The first kappa shape index (κ1) is 17.2. The van der Waals surface area contributed by atoms with Gasteiger partial charge in [-0.1, -0.05) is 0 Å². The summed E-state index contributed by atoms with van der Waals surface area (Å²) in [6, 6.07) is 7.45. The number of halogens is 4. The van der Waals surface area contributed by atoms with Crippen molar-refractivity contribution in [3.8, 4) is 0 Å². The standard InChI is InChI=1S/C17H22ClF2I/c1-14-6-8-16(9-7-14)21(20)13-15(18)12-17(19)10-4-2-3-5-11-17/h6-9,13H,2-5,10-12H2,1H3/b15-13+. The first-order valence-corrected chi connectivity index (χ1v) is 11.0. The molecule has 0 spiro atoms. The van der Waals surface area contributed by atoms with Crippen LogP contribution in [0.1, 0.15) is 50.5 Å². The Morgan fingerprint density at radius 3 is 2.33 bits per heavy atom. The molecule has 2 rings (SSSR count). The summed E-state index contributed by atoms with van der Waals surface area (Å²) >= 11 is 3.26. The van der Waals surface area contributed by atoms with Crippen molar-refractivity contribution >= 4 is 32.0 Å². The second-order valence-corrected chi connectivity index (χ2v) is 9.71. The van der Waals surface area contributed by atoms with Crippen LogP contribution < -0.4 is 0 Å². The van der Waals surface area contributed by atoms with Gasteiger partial charge in [0, 0.05) is 0 Å². The van der Waals surface area contributed by atoms with Crippen LogP contribution in [0.2, 0.25) is 0 Å². The molecule has 0 amide bonds. The molecule has 1 aromatic rings. The Kier molecular flexibility index (Phi) is 6.48. The third-order valence-electron chi connectivity index (χ3n) is 3.92. The van der Waals surface area contributed by atoms with Gasteiger partial charge in [0.25, 0.3) is 0 Å². The summed E-state index contributed by atoms with van der Waals surface area (Å²) in [7, 11) is 0. The number of hydrogen-bond acceptors (Lipinski definition) is 0. The molecule has 0 atom stereocenters. The van der Waals surface area contributed by atoms with E-state index in [0.29, 0.717) is 17.9 Å². The molecule has 0 unspecified atom stereocenters. The van der Waals surface area contributed by atoms with E-state index in [1.807, 2.05) is 31.2 Å². The SMILES string of the molecule is Cc1ccc(I(F)/C=C(/Cl)CC2(F)CCCCCC2)cc1. The Bertz CT molecular complexity index is 476. The fourth-order valence-corrected chi connectivity index (χ4v) is 5.65. The monoisotopic (exact) mass is 426 g/mol. The van der Waals surface area contributed by atoms with Gasteiger partial charge in [-0.15, -0.1) is 0 Å². The van der Waals surface area contributed by atoms with E-state index in [4.69, 9.17) is 11.6 Å². The second kappa shape index (κ2) is 7.91. The van der Waals surface area contributed by atoms with Gasteiger partial charge in [-0.2, -0.15) is 0 Å². The topological polar surface area (TPSA) is 0 Å². The van der Waals surface area contributed by atoms with Crippen molar-refractivity contribution in [1.29, 1.82) is 0 Å². The van der Waals surface area contributed by atoms with Crippen molar-refractivity contribution in [1.82, 2.24) is 0 Å². The van der Waals surface area contributed by atoms with Gasteiger partial charge in [0.15, 0.2) is 0 Å². The zero-order chi connectivity index (χ0) is 15.3. The van der Waals surface area contributed by atoms with E-state index in [-0.39, 0.29) is 6.42 Å². The molecule has 1 aliphatic carbocycles. The number of hydrogen-bond donors (Lipinski definition) is 0. The molecule has 0 aliphatic heterocycles. The van der Waals surface area contributed by atoms with Crippen molar-refractivity contribution in [3.05, 3.63) is 42.5 Å². The van der Waals surface area contributed by atoms with Crippen molar-refractivity contribution in [3.63, 3.8) is 0 Å². The van der Waals surface area contributed by atoms with Crippen molar-refractivity contribution in [2.24, 2.45) is 0 Å². The molecule has 0 heterocycles. The summed E-state index contributed by atoms with van der Waals surface area (Å²) in [6.45, 7) is 1.97. The predicted octanol–water partition coefficient (Wildman–Crippen LogP) is 7.09. The second-order valence-electron chi connectivity index (χ2n) is 5.86. The number of aryl methyl sites for hydroxylation is 1. The van der Waals surface area contributed by atoms with Crippen molar-refractivity contribution < 1.29 is 7.25 Å². The van der Waals surface area contributed by atoms with Gasteiger partial charge in [-0.25, -0.2) is 0 Å². The van der Waals surface area contributed by atoms with Crippen LogP contribution in [0.3, 0.4) is 0 Å². The van der Waals surface area contributed by atoms with Crippen LogP contribution >= 0.6 is 32.0 Å². The molecule has 4 heteroatoms. The fourth-order valence-electron chi connectivity index (χ4n) is 2.70. The van der Waals surface area contributed by atoms with Gasteiger partial charge in [-0.3, -0.25) is 0 Å². The van der Waals surface area contributed by atoms with Crippen LogP contribution in [0, 0.1) is 10.5 Å². The third-order valence-corrected chi connectivity index (χ3v) is 7.74. The molecule has 1 aromatic carbocycles. The maximum absolute atomic E-state index is 14.8. The van der Waals surface area contributed by atoms with E-state index in [1.165, 1.54) is 4.08 Å². The number of alkyl halides is 1. The number of benzene rings is 1. The van der Waals surface area contributed by atoms with Crippen LogP contribution in [-0.2, 0) is 0 Å². The molecule has 0 saturated heterocycles. The molecule has 0 aromatic heterocycles. The number of allylic oxidation sites excluding steroid dienone is 1. The zero-order valence-corrected chi connectivity index (χ0v) is 15.3. The zero-order valence-electron chi connectivity index (χ0n) is 12.3. The van der Waals surface area contributed by atoms with E-state index < -0.39 is 26.1 Å². The van der Waals surface area contributed by atoms with Crippen LogP contribution in [0.5, 0.6) is 0 Å². The van der Waals surface area contributed by atoms with E-state index >= 15 is 0 Å². The van der Waals surface area contributed by atoms with Gasteiger partial charge < -0.3 is 0 Å². The van der Waals surface area contributed by atoms with E-state index in [2.05, 4.69) is 0 Å². The van der Waals surface area contributed by atoms with E-state index in [0.717, 1.165) is 34.8 Å². The third kappa shape index (κ3) is 5.51. The van der Waals surface area contributed by atoms with E-state index in [1.54, 1.807) is 0 Å². The summed E-state index contributed by atoms with van der Waals surface area (Å²) in [5.74, 6) is 0. The predicted molar refractivity (Wildman–Crippen MR) is 95.1 cm³/mol. The summed E-state index contributed by atoms with van der Waals surface area (Å²) in [4.78, 5) is 0. The molecule has 0 radical (unpaired) electrons. The molecule has 1 fully saturated rings. The molecular weight excluding hydrogens is 405 g/mol. The molecule has 0 nitrogen and oxygen atoms in total. The van der Waals surface area contributed by atoms with Crippen LogP contribution in [-0.4, -0.2) is 5.67 Å². The molecule has 1 aliphatic rings. The molecular formula is C17H22ClF2I. The first-order chi connectivity index (χ1) is 9.98. The average molecular weight is 427 g/mol. The van der Waals surface area contributed by atoms with Gasteiger partial charge >= 0.3 is 139 Å². The molecule has 0 N–H and O–H groups in total. The number of rotatable bonds is 4. The van der Waals surface area contributed by atoms with Crippen molar-refractivity contribution in [2.45, 2.75) is 57.5 Å². The Hall–Kier alpha value is -0.160. The molecule has 1 saturated carbocycles. The van der Waals surface area contributed by atoms with E-state index in [9.17, 15) is 7.25 Å². The maximum atomic E-state index is 14.8. The Morgan fingerprint density at radius 2 is 1.76 bits per heavy atom. The van der Waals surface area contributed by atoms with Crippen LogP contribution in [0.15, 0.2) is 33.4 Å². The Labute approximate surface area is 139 Å². The summed E-state index contributed by atoms with van der Waals surface area (Å²) in [5.41, 5.74) is -0.117. The molecule has 118 valence electrons. The first-order valence-electron chi connectivity index (χ1n) is 7.45. The normalized spacial score (nSPS) is 20.0. The van der Waals surface area contributed by atoms with Gasteiger partial charge in [0.2, 0.25) is 0 Å². The Balaban J connectivity index is 2.00. The summed E-state index contributed by atoms with van der Waals surface area (Å²) < 4.78 is 31.3. The summed E-state index contributed by atoms with van der Waals surface area (Å²) in [5, 5.41) is 0.368. The van der Waals surface area contributed by atoms with Gasteiger partial charge in [0.05, 0.1) is 0 Å². The molecule has 21 heavy (non-hydrogen) atoms. The van der Waals surface area contributed by atoms with Crippen LogP contribution in [0.4, 0.5) is 7.25 Å². The quantitative estimate of drug-likeness (QED) is 0.356. The van der Waals surface area contributed by atoms with Gasteiger partial charge in [0.1, 0.15) is 0 Å². The minimum absolute atomic E-state index is 0.179. The Morgan fingerprint density at radius 1 is 1.19 bits per heavy atom. The minimum atomic E-state index is -2.90. The van der Waals surface area contributed by atoms with Crippen molar-refractivity contribution in [2.75, 3.05) is 0 Å². The van der Waals surface area contributed by atoms with Gasteiger partial charge in [-0.05, 0) is 0 Å². The summed E-state index contributed by atoms with van der Waals surface area (Å²) in [6.07, 6.45) is 5.31. The molecule has 0 bridgehead atoms. The average Bonchev–Trinajstić information content (AvgIpc) is 2.63. The fraction of sp³-hybridized carbons (Fsp3) is 0.529.